The summed E-state index contributed by atoms with van der Waals surface area (Å²) in [5.41, 5.74) is 2.43. The van der Waals surface area contributed by atoms with Gasteiger partial charge in [-0.05, 0) is 23.3 Å². The fourth-order valence-corrected chi connectivity index (χ4v) is 2.64. The van der Waals surface area contributed by atoms with Gasteiger partial charge >= 0.3 is 0 Å². The monoisotopic (exact) mass is 346 g/mol. The minimum absolute atomic E-state index is 0.132. The lowest BCUT2D eigenvalue weighted by molar-refractivity contribution is 0.0973. The van der Waals surface area contributed by atoms with Crippen LogP contribution >= 0.6 is 11.6 Å². The lowest BCUT2D eigenvalue weighted by atomic mass is 9.92. The Hall–Kier alpha value is -3.09. The van der Waals surface area contributed by atoms with Crippen molar-refractivity contribution >= 4 is 17.5 Å². The topological polar surface area (TPSA) is 42.0 Å². The molecule has 0 aliphatic rings. The third-order valence-corrected chi connectivity index (χ3v) is 3.96. The molecule has 0 saturated carbocycles. The summed E-state index contributed by atoms with van der Waals surface area (Å²) in [6.45, 7) is 0. The summed E-state index contributed by atoms with van der Waals surface area (Å²) in [4.78, 5) is 16.1. The second kappa shape index (κ2) is 8.14. The SMILES string of the molecule is O=C(NC#CC(c1ccccc1)c1ccccc1)c1cccnc1Cl. The lowest BCUT2D eigenvalue weighted by Crippen LogP contribution is -2.18. The Kier molecular flexibility index (Phi) is 5.46. The predicted octanol–water partition coefficient (Wildman–Crippen LogP) is 4.26. The van der Waals surface area contributed by atoms with E-state index in [9.17, 15) is 4.79 Å². The van der Waals surface area contributed by atoms with Crippen LogP contribution in [-0.4, -0.2) is 10.9 Å². The molecule has 25 heavy (non-hydrogen) atoms. The largest absolute Gasteiger partial charge is 0.281 e. The first-order valence-corrected chi connectivity index (χ1v) is 8.15. The lowest BCUT2D eigenvalue weighted by Gasteiger charge is -2.11. The van der Waals surface area contributed by atoms with E-state index in [-0.39, 0.29) is 17.0 Å². The molecule has 0 fully saturated rings. The van der Waals surface area contributed by atoms with Gasteiger partial charge in [-0.1, -0.05) is 78.2 Å². The molecule has 0 aliphatic heterocycles. The first kappa shape index (κ1) is 16.8. The van der Waals surface area contributed by atoms with E-state index in [0.29, 0.717) is 5.56 Å². The smallest absolute Gasteiger partial charge is 0.265 e. The minimum atomic E-state index is -0.370. The molecule has 4 heteroatoms. The molecule has 0 unspecified atom stereocenters. The predicted molar refractivity (Wildman–Crippen MR) is 99.2 cm³/mol. The second-order valence-electron chi connectivity index (χ2n) is 5.32. The van der Waals surface area contributed by atoms with Crippen molar-refractivity contribution in [3.8, 4) is 12.0 Å². The maximum Gasteiger partial charge on any atom is 0.265 e. The fourth-order valence-electron chi connectivity index (χ4n) is 2.44. The van der Waals surface area contributed by atoms with Gasteiger partial charge in [-0.3, -0.25) is 10.1 Å². The first-order chi connectivity index (χ1) is 12.3. The van der Waals surface area contributed by atoms with Gasteiger partial charge in [0.15, 0.2) is 0 Å². The Morgan fingerprint density at radius 2 is 1.52 bits per heavy atom. The molecule has 0 radical (unpaired) electrons. The zero-order valence-corrected chi connectivity index (χ0v) is 14.1. The normalized spacial score (nSPS) is 10.0. The van der Waals surface area contributed by atoms with Gasteiger partial charge in [-0.25, -0.2) is 4.98 Å². The second-order valence-corrected chi connectivity index (χ2v) is 5.68. The Morgan fingerprint density at radius 3 is 2.08 bits per heavy atom. The number of benzene rings is 2. The number of hydrogen-bond acceptors (Lipinski definition) is 2. The molecule has 1 N–H and O–H groups in total. The Bertz CT molecular complexity index is 875. The van der Waals surface area contributed by atoms with Crippen molar-refractivity contribution in [1.29, 1.82) is 0 Å². The highest BCUT2D eigenvalue weighted by Crippen LogP contribution is 2.23. The van der Waals surface area contributed by atoms with Crippen molar-refractivity contribution in [2.75, 3.05) is 0 Å². The molecule has 0 atom stereocenters. The Morgan fingerprint density at radius 1 is 0.920 bits per heavy atom. The number of halogens is 1. The molecule has 0 saturated heterocycles. The summed E-state index contributed by atoms with van der Waals surface area (Å²) in [5.74, 6) is 2.62. The molecule has 3 nitrogen and oxygen atoms in total. The molecule has 1 heterocycles. The van der Waals surface area contributed by atoms with E-state index in [1.54, 1.807) is 12.1 Å². The van der Waals surface area contributed by atoms with Gasteiger partial charge in [0, 0.05) is 12.2 Å². The van der Waals surface area contributed by atoms with Crippen LogP contribution in [0.3, 0.4) is 0 Å². The van der Waals surface area contributed by atoms with Gasteiger partial charge in [-0.15, -0.1) is 0 Å². The van der Waals surface area contributed by atoms with Crippen LogP contribution in [0.4, 0.5) is 0 Å². The highest BCUT2D eigenvalue weighted by Gasteiger charge is 2.12. The van der Waals surface area contributed by atoms with Crippen LogP contribution in [-0.2, 0) is 0 Å². The summed E-state index contributed by atoms with van der Waals surface area (Å²) >= 11 is 5.93. The van der Waals surface area contributed by atoms with Crippen LogP contribution in [0.2, 0.25) is 5.15 Å². The van der Waals surface area contributed by atoms with Crippen LogP contribution in [0.15, 0.2) is 79.0 Å². The van der Waals surface area contributed by atoms with E-state index in [4.69, 9.17) is 11.6 Å². The van der Waals surface area contributed by atoms with Gasteiger partial charge in [0.25, 0.3) is 5.91 Å². The van der Waals surface area contributed by atoms with Crippen LogP contribution in [0.5, 0.6) is 0 Å². The standard InChI is InChI=1S/C21H15ClN2O/c22-20-19(12-7-14-23-20)21(25)24-15-13-18(16-8-3-1-4-9-16)17-10-5-2-6-11-17/h1-12,14,18H,(H,24,25). The van der Waals surface area contributed by atoms with Gasteiger partial charge < -0.3 is 0 Å². The number of nitrogens with zero attached hydrogens (tertiary/aromatic N) is 1. The van der Waals surface area contributed by atoms with Crippen LogP contribution in [0.25, 0.3) is 0 Å². The maximum atomic E-state index is 12.2. The molecule has 3 rings (SSSR count). The van der Waals surface area contributed by atoms with Crippen molar-refractivity contribution in [3.63, 3.8) is 0 Å². The highest BCUT2D eigenvalue weighted by atomic mass is 35.5. The zero-order valence-electron chi connectivity index (χ0n) is 13.3. The van der Waals surface area contributed by atoms with Crippen molar-refractivity contribution in [2.24, 2.45) is 0 Å². The number of pyridine rings is 1. The van der Waals surface area contributed by atoms with E-state index in [1.165, 1.54) is 6.20 Å². The minimum Gasteiger partial charge on any atom is -0.281 e. The Balaban J connectivity index is 1.84. The zero-order chi connectivity index (χ0) is 17.5. The van der Waals surface area contributed by atoms with E-state index in [1.807, 2.05) is 60.7 Å². The highest BCUT2D eigenvalue weighted by molar-refractivity contribution is 6.32. The molecular weight excluding hydrogens is 332 g/mol. The molecule has 2 aromatic carbocycles. The Labute approximate surface area is 151 Å². The van der Waals surface area contributed by atoms with Crippen molar-refractivity contribution in [1.82, 2.24) is 10.3 Å². The van der Waals surface area contributed by atoms with Gasteiger partial charge in [-0.2, -0.15) is 0 Å². The van der Waals surface area contributed by atoms with E-state index in [2.05, 4.69) is 22.3 Å². The van der Waals surface area contributed by atoms with Crippen molar-refractivity contribution in [3.05, 3.63) is 101 Å². The van der Waals surface area contributed by atoms with Crippen molar-refractivity contribution in [2.45, 2.75) is 5.92 Å². The van der Waals surface area contributed by atoms with E-state index < -0.39 is 0 Å². The van der Waals surface area contributed by atoms with E-state index >= 15 is 0 Å². The molecular formula is C21H15ClN2O. The van der Waals surface area contributed by atoms with Crippen LogP contribution in [0.1, 0.15) is 27.4 Å². The number of aromatic nitrogens is 1. The van der Waals surface area contributed by atoms with Crippen LogP contribution in [0, 0.1) is 12.0 Å². The fraction of sp³-hybridized carbons (Fsp3) is 0.0476. The maximum absolute atomic E-state index is 12.2. The van der Waals surface area contributed by atoms with E-state index in [0.717, 1.165) is 11.1 Å². The molecule has 0 aliphatic carbocycles. The third-order valence-electron chi connectivity index (χ3n) is 3.66. The summed E-state index contributed by atoms with van der Waals surface area (Å²) in [5, 5.41) is 2.74. The molecule has 122 valence electrons. The van der Waals surface area contributed by atoms with Gasteiger partial charge in [0.2, 0.25) is 0 Å². The molecule has 3 aromatic rings. The third kappa shape index (κ3) is 4.26. The quantitative estimate of drug-likeness (QED) is 0.437. The van der Waals surface area contributed by atoms with Gasteiger partial charge in [0.05, 0.1) is 11.5 Å². The first-order valence-electron chi connectivity index (χ1n) is 7.77. The summed E-state index contributed by atoms with van der Waals surface area (Å²) < 4.78 is 0. The average molecular weight is 347 g/mol. The molecule has 1 amide bonds. The number of nitrogens with one attached hydrogen (secondary N) is 1. The number of amides is 1. The molecule has 1 aromatic heterocycles. The summed E-state index contributed by atoms with van der Waals surface area (Å²) in [6.07, 6.45) is 1.53. The molecule has 0 bridgehead atoms. The number of carbonyl (C=O) groups excluding carboxylic acids is 1. The summed E-state index contributed by atoms with van der Waals surface area (Å²) in [7, 11) is 0. The summed E-state index contributed by atoms with van der Waals surface area (Å²) in [6, 6.07) is 25.9. The number of hydrogen-bond donors (Lipinski definition) is 1. The number of rotatable bonds is 3. The van der Waals surface area contributed by atoms with Crippen molar-refractivity contribution < 1.29 is 4.79 Å². The average Bonchev–Trinajstić information content (AvgIpc) is 2.67. The van der Waals surface area contributed by atoms with Gasteiger partial charge in [0.1, 0.15) is 5.15 Å². The number of carbonyl (C=O) groups is 1. The molecule has 0 spiro atoms. The van der Waals surface area contributed by atoms with Crippen LogP contribution < -0.4 is 5.32 Å².